The molecule has 2 N–H and O–H groups in total. The summed E-state index contributed by atoms with van der Waals surface area (Å²) in [6, 6.07) is 7.93. The first-order valence-electron chi connectivity index (χ1n) is 8.20. The van der Waals surface area contributed by atoms with Crippen LogP contribution in [0.4, 0.5) is 0 Å². The number of rotatable bonds is 3. The van der Waals surface area contributed by atoms with Gasteiger partial charge in [0.25, 0.3) is 5.91 Å². The van der Waals surface area contributed by atoms with Crippen molar-refractivity contribution < 1.29 is 4.79 Å². The molecular formula is C18H26Cl2N4O. The molecule has 5 nitrogen and oxygen atoms in total. The number of carbonyl (C=O) groups excluding carboxylic acids is 1. The molecular weight excluding hydrogens is 359 g/mol. The average Bonchev–Trinajstić information content (AvgIpc) is 2.85. The summed E-state index contributed by atoms with van der Waals surface area (Å²) >= 11 is 0. The first-order valence-corrected chi connectivity index (χ1v) is 8.20. The standard InChI is InChI=1S/C18H24N4O.2ClH/c1-12-7-9-19-11-16(12)21-18(23)15-10-13(2)22(14(15)3)17-6-4-5-8-20-17;;/h4-6,8,10,12,16,19H,7,9,11H2,1-3H3,(H,21,23);2*1H. The van der Waals surface area contributed by atoms with Crippen LogP contribution in [-0.4, -0.2) is 34.6 Å². The summed E-state index contributed by atoms with van der Waals surface area (Å²) in [6.07, 6.45) is 2.86. The van der Waals surface area contributed by atoms with E-state index >= 15 is 0 Å². The van der Waals surface area contributed by atoms with E-state index in [1.54, 1.807) is 6.20 Å². The Morgan fingerprint density at radius 3 is 2.72 bits per heavy atom. The Balaban J connectivity index is 0.00000156. The summed E-state index contributed by atoms with van der Waals surface area (Å²) < 4.78 is 2.03. The van der Waals surface area contributed by atoms with Crippen LogP contribution in [0, 0.1) is 19.8 Å². The third-order valence-corrected chi connectivity index (χ3v) is 4.70. The lowest BCUT2D eigenvalue weighted by molar-refractivity contribution is 0.0914. The second-order valence-electron chi connectivity index (χ2n) is 6.36. The van der Waals surface area contributed by atoms with Gasteiger partial charge in [0.15, 0.2) is 0 Å². The Morgan fingerprint density at radius 1 is 1.32 bits per heavy atom. The Kier molecular flexibility index (Phi) is 7.93. The van der Waals surface area contributed by atoms with E-state index in [2.05, 4.69) is 22.5 Å². The topological polar surface area (TPSA) is 59.0 Å². The van der Waals surface area contributed by atoms with Crippen LogP contribution < -0.4 is 10.6 Å². The van der Waals surface area contributed by atoms with Crippen LogP contribution in [0.2, 0.25) is 0 Å². The second kappa shape index (κ2) is 9.22. The molecule has 0 radical (unpaired) electrons. The number of piperidine rings is 1. The zero-order chi connectivity index (χ0) is 16.4. The van der Waals surface area contributed by atoms with E-state index < -0.39 is 0 Å². The number of aromatic nitrogens is 2. The fourth-order valence-corrected chi connectivity index (χ4v) is 3.26. The van der Waals surface area contributed by atoms with Crippen molar-refractivity contribution in [2.75, 3.05) is 13.1 Å². The Hall–Kier alpha value is -1.56. The minimum atomic E-state index is 0. The molecule has 1 amide bonds. The van der Waals surface area contributed by atoms with Crippen molar-refractivity contribution in [1.82, 2.24) is 20.2 Å². The first-order chi connectivity index (χ1) is 11.1. The van der Waals surface area contributed by atoms with Crippen LogP contribution in [0.1, 0.15) is 35.1 Å². The molecule has 1 aliphatic heterocycles. The number of pyridine rings is 1. The van der Waals surface area contributed by atoms with Gasteiger partial charge in [-0.15, -0.1) is 24.8 Å². The minimum Gasteiger partial charge on any atom is -0.348 e. The van der Waals surface area contributed by atoms with Gasteiger partial charge >= 0.3 is 0 Å². The molecule has 2 atom stereocenters. The maximum Gasteiger partial charge on any atom is 0.253 e. The van der Waals surface area contributed by atoms with Crippen molar-refractivity contribution in [3.63, 3.8) is 0 Å². The summed E-state index contributed by atoms with van der Waals surface area (Å²) in [4.78, 5) is 17.1. The molecule has 2 aromatic rings. The Labute approximate surface area is 161 Å². The van der Waals surface area contributed by atoms with E-state index in [0.29, 0.717) is 5.92 Å². The van der Waals surface area contributed by atoms with E-state index in [1.807, 2.05) is 42.7 Å². The molecule has 1 aliphatic rings. The molecule has 0 bridgehead atoms. The van der Waals surface area contributed by atoms with Crippen molar-refractivity contribution in [3.05, 3.63) is 47.4 Å². The lowest BCUT2D eigenvalue weighted by Gasteiger charge is -2.30. The normalized spacial score (nSPS) is 19.5. The number of carbonyl (C=O) groups is 1. The molecule has 0 aliphatic carbocycles. The monoisotopic (exact) mass is 384 g/mol. The third-order valence-electron chi connectivity index (χ3n) is 4.70. The maximum absolute atomic E-state index is 12.7. The van der Waals surface area contributed by atoms with Crippen molar-refractivity contribution in [2.45, 2.75) is 33.2 Å². The highest BCUT2D eigenvalue weighted by atomic mass is 35.5. The largest absolute Gasteiger partial charge is 0.348 e. The highest BCUT2D eigenvalue weighted by Crippen LogP contribution is 2.20. The molecule has 3 heterocycles. The quantitative estimate of drug-likeness (QED) is 0.854. The fraction of sp³-hybridized carbons (Fsp3) is 0.444. The fourth-order valence-electron chi connectivity index (χ4n) is 3.26. The number of aryl methyl sites for hydroxylation is 1. The third kappa shape index (κ3) is 4.54. The van der Waals surface area contributed by atoms with Gasteiger partial charge in [-0.25, -0.2) is 4.98 Å². The molecule has 0 aromatic carbocycles. The Morgan fingerprint density at radius 2 is 2.08 bits per heavy atom. The molecule has 2 aromatic heterocycles. The van der Waals surface area contributed by atoms with Gasteiger partial charge in [-0.2, -0.15) is 0 Å². The molecule has 3 rings (SSSR count). The minimum absolute atomic E-state index is 0. The maximum atomic E-state index is 12.7. The van der Waals surface area contributed by atoms with Gasteiger partial charge < -0.3 is 15.2 Å². The molecule has 7 heteroatoms. The van der Waals surface area contributed by atoms with Gasteiger partial charge in [0.05, 0.1) is 5.56 Å². The zero-order valence-electron chi connectivity index (χ0n) is 14.8. The summed E-state index contributed by atoms with van der Waals surface area (Å²) in [6.45, 7) is 8.04. The van der Waals surface area contributed by atoms with E-state index in [-0.39, 0.29) is 36.8 Å². The smallest absolute Gasteiger partial charge is 0.253 e. The van der Waals surface area contributed by atoms with Gasteiger partial charge in [0.1, 0.15) is 5.82 Å². The lowest BCUT2D eigenvalue weighted by atomic mass is 9.94. The Bertz CT molecular complexity index is 703. The van der Waals surface area contributed by atoms with E-state index in [0.717, 1.165) is 42.3 Å². The molecule has 1 fully saturated rings. The number of halogens is 2. The van der Waals surface area contributed by atoms with Crippen LogP contribution in [-0.2, 0) is 0 Å². The van der Waals surface area contributed by atoms with Crippen molar-refractivity contribution in [2.24, 2.45) is 5.92 Å². The second-order valence-corrected chi connectivity index (χ2v) is 6.36. The molecule has 0 spiro atoms. The van der Waals surface area contributed by atoms with Crippen LogP contribution in [0.15, 0.2) is 30.5 Å². The summed E-state index contributed by atoms with van der Waals surface area (Å²) in [5, 5.41) is 6.53. The highest BCUT2D eigenvalue weighted by Gasteiger charge is 2.25. The summed E-state index contributed by atoms with van der Waals surface area (Å²) in [5.74, 6) is 1.34. The SMILES string of the molecule is Cc1cc(C(=O)NC2CNCCC2C)c(C)n1-c1ccccn1.Cl.Cl. The number of hydrogen-bond acceptors (Lipinski definition) is 3. The van der Waals surface area contributed by atoms with Crippen LogP contribution in [0.5, 0.6) is 0 Å². The molecule has 25 heavy (non-hydrogen) atoms. The van der Waals surface area contributed by atoms with Crippen molar-refractivity contribution >= 4 is 30.7 Å². The van der Waals surface area contributed by atoms with Crippen LogP contribution >= 0.6 is 24.8 Å². The predicted octanol–water partition coefficient (Wildman–Crippen LogP) is 3.06. The van der Waals surface area contributed by atoms with Gasteiger partial charge in [-0.1, -0.05) is 13.0 Å². The van der Waals surface area contributed by atoms with Crippen LogP contribution in [0.25, 0.3) is 5.82 Å². The van der Waals surface area contributed by atoms with Gasteiger partial charge in [0, 0.05) is 30.2 Å². The van der Waals surface area contributed by atoms with Gasteiger partial charge in [-0.05, 0) is 50.9 Å². The predicted molar refractivity (Wildman–Crippen MR) is 105 cm³/mol. The summed E-state index contributed by atoms with van der Waals surface area (Å²) in [5.41, 5.74) is 2.67. The number of hydrogen-bond donors (Lipinski definition) is 2. The summed E-state index contributed by atoms with van der Waals surface area (Å²) in [7, 11) is 0. The van der Waals surface area contributed by atoms with Gasteiger partial charge in [-0.3, -0.25) is 4.79 Å². The highest BCUT2D eigenvalue weighted by molar-refractivity contribution is 5.96. The van der Waals surface area contributed by atoms with Crippen molar-refractivity contribution in [1.29, 1.82) is 0 Å². The average molecular weight is 385 g/mol. The van der Waals surface area contributed by atoms with Crippen LogP contribution in [0.3, 0.4) is 0 Å². The molecule has 0 saturated carbocycles. The number of amides is 1. The molecule has 2 unspecified atom stereocenters. The number of nitrogens with zero attached hydrogens (tertiary/aromatic N) is 2. The number of nitrogens with one attached hydrogen (secondary N) is 2. The van der Waals surface area contributed by atoms with E-state index in [1.165, 1.54) is 0 Å². The van der Waals surface area contributed by atoms with Gasteiger partial charge in [0.2, 0.25) is 0 Å². The zero-order valence-corrected chi connectivity index (χ0v) is 16.4. The van der Waals surface area contributed by atoms with E-state index in [9.17, 15) is 4.79 Å². The molecule has 138 valence electrons. The lowest BCUT2D eigenvalue weighted by Crippen LogP contribution is -2.50. The van der Waals surface area contributed by atoms with E-state index in [4.69, 9.17) is 0 Å². The molecule has 1 saturated heterocycles. The van der Waals surface area contributed by atoms with Crippen molar-refractivity contribution in [3.8, 4) is 5.82 Å². The first kappa shape index (κ1) is 21.5.